The topological polar surface area (TPSA) is 92.9 Å². The summed E-state index contributed by atoms with van der Waals surface area (Å²) in [6, 6.07) is -0.0929. The molecule has 3 unspecified atom stereocenters. The highest BCUT2D eigenvalue weighted by molar-refractivity contribution is 5.85. The van der Waals surface area contributed by atoms with Gasteiger partial charge >= 0.3 is 12.1 Å². The summed E-state index contributed by atoms with van der Waals surface area (Å²) in [5.74, 6) is -1.13. The molecule has 1 amide bonds. The molecule has 0 aromatic rings. The van der Waals surface area contributed by atoms with Gasteiger partial charge in [-0.2, -0.15) is 0 Å². The Labute approximate surface area is 125 Å². The number of carbonyl (C=O) groups is 2. The van der Waals surface area contributed by atoms with Gasteiger partial charge in [0, 0.05) is 18.5 Å². The zero-order valence-electron chi connectivity index (χ0n) is 12.1. The van der Waals surface area contributed by atoms with Gasteiger partial charge in [-0.05, 0) is 40.0 Å². The van der Waals surface area contributed by atoms with E-state index in [1.807, 2.05) is 20.8 Å². The van der Waals surface area contributed by atoms with Gasteiger partial charge in [-0.3, -0.25) is 4.79 Å². The number of carbonyl (C=O) groups excluding carboxylic acids is 1. The number of hydrogen-bond acceptors (Lipinski definition) is 4. The van der Waals surface area contributed by atoms with E-state index in [1.165, 1.54) is 0 Å². The standard InChI is InChI=1S/C13H22N2O4.ClH/c1-12(2,3)19-11(18)15-7-6-13(14,10(16)17)8-4-5-9(8)15;/h8-9H,4-7,14H2,1-3H3,(H,16,17);1H. The van der Waals surface area contributed by atoms with E-state index in [-0.39, 0.29) is 36.9 Å². The minimum absolute atomic E-state index is 0. The lowest BCUT2D eigenvalue weighted by atomic mass is 9.63. The highest BCUT2D eigenvalue weighted by Gasteiger charge is 2.56. The summed E-state index contributed by atoms with van der Waals surface area (Å²) >= 11 is 0. The first kappa shape index (κ1) is 17.0. The lowest BCUT2D eigenvalue weighted by Crippen LogP contribution is -2.70. The van der Waals surface area contributed by atoms with Crippen LogP contribution in [0.5, 0.6) is 0 Å². The lowest BCUT2D eigenvalue weighted by Gasteiger charge is -2.54. The normalized spacial score (nSPS) is 32.5. The molecule has 1 saturated carbocycles. The molecule has 0 aromatic heterocycles. The fraction of sp³-hybridized carbons (Fsp3) is 0.846. The molecule has 2 rings (SSSR count). The molecule has 2 aliphatic rings. The summed E-state index contributed by atoms with van der Waals surface area (Å²) in [4.78, 5) is 25.1. The molecule has 1 aliphatic heterocycles. The molecular formula is C13H23ClN2O4. The van der Waals surface area contributed by atoms with Crippen molar-refractivity contribution < 1.29 is 19.4 Å². The second-order valence-electron chi connectivity index (χ2n) is 6.52. The van der Waals surface area contributed by atoms with Gasteiger partial charge in [-0.15, -0.1) is 12.4 Å². The molecule has 0 bridgehead atoms. The van der Waals surface area contributed by atoms with Crippen molar-refractivity contribution in [2.45, 2.75) is 57.2 Å². The number of nitrogens with zero attached hydrogens (tertiary/aromatic N) is 1. The van der Waals surface area contributed by atoms with Crippen LogP contribution in [-0.2, 0) is 9.53 Å². The maximum atomic E-state index is 12.1. The predicted octanol–water partition coefficient (Wildman–Crippen LogP) is 1.61. The summed E-state index contributed by atoms with van der Waals surface area (Å²) in [5, 5.41) is 9.27. The third-order valence-electron chi connectivity index (χ3n) is 4.09. The van der Waals surface area contributed by atoms with Crippen LogP contribution in [0, 0.1) is 5.92 Å². The van der Waals surface area contributed by atoms with Gasteiger partial charge in [-0.25, -0.2) is 4.79 Å². The smallest absolute Gasteiger partial charge is 0.410 e. The van der Waals surface area contributed by atoms with Crippen LogP contribution in [0.4, 0.5) is 4.79 Å². The quantitative estimate of drug-likeness (QED) is 0.767. The molecule has 6 nitrogen and oxygen atoms in total. The van der Waals surface area contributed by atoms with Crippen LogP contribution < -0.4 is 5.73 Å². The molecule has 1 saturated heterocycles. The van der Waals surface area contributed by atoms with Crippen molar-refractivity contribution in [3.05, 3.63) is 0 Å². The summed E-state index contributed by atoms with van der Waals surface area (Å²) in [6.45, 7) is 5.80. The maximum Gasteiger partial charge on any atom is 0.410 e. The minimum atomic E-state index is -1.19. The second kappa shape index (κ2) is 5.41. The molecule has 1 heterocycles. The SMILES string of the molecule is CC(C)(C)OC(=O)N1CCC(N)(C(=O)O)C2CCC21.Cl. The van der Waals surface area contributed by atoms with Gasteiger partial charge in [0.25, 0.3) is 0 Å². The third kappa shape index (κ3) is 2.86. The number of carboxylic acid groups (broad SMARTS) is 1. The van der Waals surface area contributed by atoms with Crippen LogP contribution in [0.25, 0.3) is 0 Å². The number of nitrogens with two attached hydrogens (primary N) is 1. The van der Waals surface area contributed by atoms with Crippen LogP contribution in [0.2, 0.25) is 0 Å². The number of hydrogen-bond donors (Lipinski definition) is 2. The first-order valence-corrected chi connectivity index (χ1v) is 6.67. The number of piperidine rings is 1. The summed E-state index contributed by atoms with van der Waals surface area (Å²) < 4.78 is 5.36. The molecule has 20 heavy (non-hydrogen) atoms. The summed E-state index contributed by atoms with van der Waals surface area (Å²) in [5.41, 5.74) is 4.26. The van der Waals surface area contributed by atoms with Gasteiger partial charge in [0.05, 0.1) is 0 Å². The number of amides is 1. The van der Waals surface area contributed by atoms with Crippen molar-refractivity contribution in [1.29, 1.82) is 0 Å². The van der Waals surface area contributed by atoms with E-state index in [9.17, 15) is 14.7 Å². The van der Waals surface area contributed by atoms with E-state index in [0.29, 0.717) is 6.54 Å². The van der Waals surface area contributed by atoms with E-state index < -0.39 is 17.1 Å². The zero-order valence-corrected chi connectivity index (χ0v) is 12.9. The largest absolute Gasteiger partial charge is 0.480 e. The molecule has 116 valence electrons. The van der Waals surface area contributed by atoms with Crippen molar-refractivity contribution in [2.24, 2.45) is 11.7 Å². The number of halogens is 1. The van der Waals surface area contributed by atoms with Crippen molar-refractivity contribution in [3.63, 3.8) is 0 Å². The molecule has 2 fully saturated rings. The highest BCUT2D eigenvalue weighted by atomic mass is 35.5. The Morgan fingerprint density at radius 2 is 1.95 bits per heavy atom. The molecule has 0 radical (unpaired) electrons. The Bertz CT molecular complexity index is 410. The molecule has 3 N–H and O–H groups in total. The van der Waals surface area contributed by atoms with Gasteiger partial charge in [-0.1, -0.05) is 0 Å². The van der Waals surface area contributed by atoms with E-state index in [1.54, 1.807) is 4.90 Å². The molecule has 7 heteroatoms. The van der Waals surface area contributed by atoms with Crippen LogP contribution in [0.3, 0.4) is 0 Å². The molecule has 3 atom stereocenters. The molecule has 1 aliphatic carbocycles. The van der Waals surface area contributed by atoms with Crippen LogP contribution in [0.1, 0.15) is 40.0 Å². The fourth-order valence-electron chi connectivity index (χ4n) is 2.93. The first-order chi connectivity index (χ1) is 8.65. The highest BCUT2D eigenvalue weighted by Crippen LogP contribution is 2.44. The van der Waals surface area contributed by atoms with Crippen molar-refractivity contribution in [1.82, 2.24) is 4.90 Å². The van der Waals surface area contributed by atoms with E-state index in [2.05, 4.69) is 0 Å². The fourth-order valence-corrected chi connectivity index (χ4v) is 2.93. The molecule has 0 spiro atoms. The van der Waals surface area contributed by atoms with Crippen molar-refractivity contribution in [2.75, 3.05) is 6.54 Å². The minimum Gasteiger partial charge on any atom is -0.480 e. The number of rotatable bonds is 1. The number of likely N-dealkylation sites (tertiary alicyclic amines) is 1. The van der Waals surface area contributed by atoms with Crippen molar-refractivity contribution >= 4 is 24.5 Å². The number of fused-ring (bicyclic) bond motifs is 1. The third-order valence-corrected chi connectivity index (χ3v) is 4.09. The Hall–Kier alpha value is -1.01. The predicted molar refractivity (Wildman–Crippen MR) is 75.9 cm³/mol. The number of carboxylic acids is 1. The average molecular weight is 307 g/mol. The second-order valence-corrected chi connectivity index (χ2v) is 6.52. The first-order valence-electron chi connectivity index (χ1n) is 6.67. The van der Waals surface area contributed by atoms with Crippen molar-refractivity contribution in [3.8, 4) is 0 Å². The lowest BCUT2D eigenvalue weighted by molar-refractivity contribution is -0.154. The van der Waals surface area contributed by atoms with Gasteiger partial charge in [0.2, 0.25) is 0 Å². The van der Waals surface area contributed by atoms with Crippen LogP contribution >= 0.6 is 12.4 Å². The van der Waals surface area contributed by atoms with Gasteiger partial charge in [0.1, 0.15) is 11.1 Å². The Kier molecular flexibility index (Phi) is 4.61. The Morgan fingerprint density at radius 1 is 1.35 bits per heavy atom. The monoisotopic (exact) mass is 306 g/mol. The average Bonchev–Trinajstić information content (AvgIpc) is 2.17. The molecular weight excluding hydrogens is 284 g/mol. The summed E-state index contributed by atoms with van der Waals surface area (Å²) in [6.07, 6.45) is 1.47. The number of ether oxygens (including phenoxy) is 1. The Morgan fingerprint density at radius 3 is 2.35 bits per heavy atom. The maximum absolute atomic E-state index is 12.1. The van der Waals surface area contributed by atoms with Crippen LogP contribution in [0.15, 0.2) is 0 Å². The number of aliphatic carboxylic acids is 1. The van der Waals surface area contributed by atoms with E-state index in [4.69, 9.17) is 10.5 Å². The summed E-state index contributed by atoms with van der Waals surface area (Å²) in [7, 11) is 0. The van der Waals surface area contributed by atoms with E-state index >= 15 is 0 Å². The zero-order chi connectivity index (χ0) is 14.4. The van der Waals surface area contributed by atoms with Crippen LogP contribution in [-0.4, -0.2) is 45.8 Å². The van der Waals surface area contributed by atoms with Gasteiger partial charge in [0.15, 0.2) is 0 Å². The van der Waals surface area contributed by atoms with Gasteiger partial charge < -0.3 is 20.5 Å². The Balaban J connectivity index is 0.00000200. The van der Waals surface area contributed by atoms with E-state index in [0.717, 1.165) is 12.8 Å². The molecule has 0 aromatic carbocycles.